The molecular formula is C26H20F2N4O6S. The third kappa shape index (κ3) is 5.62. The summed E-state index contributed by atoms with van der Waals surface area (Å²) < 4.78 is 59.8. The van der Waals surface area contributed by atoms with E-state index in [1.54, 1.807) is 0 Å². The highest BCUT2D eigenvalue weighted by atomic mass is 32.2. The molecule has 0 bridgehead atoms. The number of carbonyl (C=O) groups is 2. The molecule has 0 radical (unpaired) electrons. The van der Waals surface area contributed by atoms with E-state index in [9.17, 15) is 26.8 Å². The summed E-state index contributed by atoms with van der Waals surface area (Å²) in [4.78, 5) is 28.4. The van der Waals surface area contributed by atoms with E-state index in [0.717, 1.165) is 18.3 Å². The standard InChI is InChI=1S/C26H20F2N4O6S/c27-17-4-9-21(20(28)13-17)38-24(15-1-5-18(6-2-15)39(36,37)19-7-8-19)25(33)30-22-11-12-32(31-22)23-10-3-16(14-29-23)26(34)35/h1-6,9-14,19,24H,7-8H2,(H,34,35)(H,30,31,33). The number of anilines is 1. The summed E-state index contributed by atoms with van der Waals surface area (Å²) in [6, 6.07) is 12.4. The van der Waals surface area contributed by atoms with Crippen molar-refractivity contribution < 1.29 is 36.6 Å². The maximum atomic E-state index is 14.4. The van der Waals surface area contributed by atoms with Crippen LogP contribution in [0.4, 0.5) is 14.6 Å². The number of rotatable bonds is 9. The second-order valence-corrected chi connectivity index (χ2v) is 11.0. The summed E-state index contributed by atoms with van der Waals surface area (Å²) in [5.41, 5.74) is 0.208. The molecule has 200 valence electrons. The van der Waals surface area contributed by atoms with Gasteiger partial charge in [0, 0.05) is 30.1 Å². The van der Waals surface area contributed by atoms with Crippen LogP contribution in [0.2, 0.25) is 0 Å². The van der Waals surface area contributed by atoms with Crippen LogP contribution in [-0.4, -0.2) is 45.4 Å². The number of nitrogens with zero attached hydrogens (tertiary/aromatic N) is 3. The van der Waals surface area contributed by atoms with Gasteiger partial charge in [0.1, 0.15) is 5.82 Å². The fourth-order valence-electron chi connectivity index (χ4n) is 3.73. The van der Waals surface area contributed by atoms with Crippen molar-refractivity contribution in [2.75, 3.05) is 5.32 Å². The van der Waals surface area contributed by atoms with Gasteiger partial charge in [-0.05, 0) is 49.2 Å². The highest BCUT2D eigenvalue weighted by molar-refractivity contribution is 7.92. The van der Waals surface area contributed by atoms with Gasteiger partial charge >= 0.3 is 5.97 Å². The Morgan fingerprint density at radius 3 is 2.41 bits per heavy atom. The minimum atomic E-state index is -3.47. The van der Waals surface area contributed by atoms with Crippen molar-refractivity contribution in [2.24, 2.45) is 0 Å². The van der Waals surface area contributed by atoms with E-state index in [1.165, 1.54) is 53.3 Å². The Morgan fingerprint density at radius 1 is 1.05 bits per heavy atom. The number of amides is 1. The molecule has 0 spiro atoms. The smallest absolute Gasteiger partial charge is 0.337 e. The van der Waals surface area contributed by atoms with Gasteiger partial charge in [-0.15, -0.1) is 5.10 Å². The normalized spacial score (nSPS) is 14.0. The number of carboxylic acids is 1. The van der Waals surface area contributed by atoms with Gasteiger partial charge in [-0.1, -0.05) is 12.1 Å². The summed E-state index contributed by atoms with van der Waals surface area (Å²) in [7, 11) is -3.47. The summed E-state index contributed by atoms with van der Waals surface area (Å²) in [6.45, 7) is 0. The van der Waals surface area contributed by atoms with Crippen LogP contribution in [0.5, 0.6) is 5.75 Å². The lowest BCUT2D eigenvalue weighted by atomic mass is 10.1. The molecule has 2 heterocycles. The third-order valence-electron chi connectivity index (χ3n) is 5.92. The summed E-state index contributed by atoms with van der Waals surface area (Å²) in [6.07, 6.45) is 2.36. The van der Waals surface area contributed by atoms with E-state index in [2.05, 4.69) is 15.4 Å². The highest BCUT2D eigenvalue weighted by Gasteiger charge is 2.37. The molecule has 0 aliphatic heterocycles. The number of carbonyl (C=O) groups excluding carboxylic acids is 1. The van der Waals surface area contributed by atoms with Gasteiger partial charge in [-0.25, -0.2) is 31.7 Å². The second kappa shape index (κ2) is 10.3. The van der Waals surface area contributed by atoms with Crippen LogP contribution in [0.1, 0.15) is 34.9 Å². The summed E-state index contributed by atoms with van der Waals surface area (Å²) >= 11 is 0. The van der Waals surface area contributed by atoms with Gasteiger partial charge in [0.25, 0.3) is 5.91 Å². The van der Waals surface area contributed by atoms with Gasteiger partial charge in [0.15, 0.2) is 33.0 Å². The minimum Gasteiger partial charge on any atom is -0.478 e. The molecule has 1 fully saturated rings. The van der Waals surface area contributed by atoms with Crippen molar-refractivity contribution in [3.8, 4) is 11.6 Å². The molecule has 1 unspecified atom stereocenters. The lowest BCUT2D eigenvalue weighted by Crippen LogP contribution is -2.26. The number of hydrogen-bond acceptors (Lipinski definition) is 7. The zero-order valence-electron chi connectivity index (χ0n) is 20.0. The zero-order valence-corrected chi connectivity index (χ0v) is 20.8. The summed E-state index contributed by atoms with van der Waals surface area (Å²) in [5, 5.41) is 15.3. The first-order valence-corrected chi connectivity index (χ1v) is 13.2. The van der Waals surface area contributed by atoms with Crippen LogP contribution < -0.4 is 10.1 Å². The Hall–Kier alpha value is -4.65. The van der Waals surface area contributed by atoms with Gasteiger partial charge in [-0.3, -0.25) is 4.79 Å². The molecule has 13 heteroatoms. The number of pyridine rings is 1. The van der Waals surface area contributed by atoms with E-state index in [4.69, 9.17) is 9.84 Å². The molecule has 1 aliphatic rings. The molecular weight excluding hydrogens is 534 g/mol. The van der Waals surface area contributed by atoms with Gasteiger partial charge in [0.05, 0.1) is 15.7 Å². The fourth-order valence-corrected chi connectivity index (χ4v) is 5.39. The van der Waals surface area contributed by atoms with E-state index in [0.29, 0.717) is 18.9 Å². The van der Waals surface area contributed by atoms with Crippen molar-refractivity contribution in [1.82, 2.24) is 14.8 Å². The van der Waals surface area contributed by atoms with Crippen molar-refractivity contribution >= 4 is 27.5 Å². The minimum absolute atomic E-state index is 0.0107. The predicted octanol–water partition coefficient (Wildman–Crippen LogP) is 3.94. The molecule has 1 aliphatic carbocycles. The highest BCUT2D eigenvalue weighted by Crippen LogP contribution is 2.34. The molecule has 1 saturated carbocycles. The number of aromatic nitrogens is 3. The Kier molecular flexibility index (Phi) is 6.83. The Balaban J connectivity index is 1.40. The number of hydrogen-bond donors (Lipinski definition) is 2. The van der Waals surface area contributed by atoms with Crippen LogP contribution in [0.15, 0.2) is 78.0 Å². The topological polar surface area (TPSA) is 140 Å². The first-order valence-electron chi connectivity index (χ1n) is 11.6. The maximum absolute atomic E-state index is 14.4. The first kappa shape index (κ1) is 26.0. The number of sulfone groups is 1. The number of benzene rings is 2. The largest absolute Gasteiger partial charge is 0.478 e. The molecule has 5 rings (SSSR count). The van der Waals surface area contributed by atoms with Crippen LogP contribution in [0, 0.1) is 11.6 Å². The van der Waals surface area contributed by atoms with Gasteiger partial charge in [0.2, 0.25) is 6.10 Å². The van der Waals surface area contributed by atoms with Crippen LogP contribution in [-0.2, 0) is 14.6 Å². The molecule has 1 amide bonds. The van der Waals surface area contributed by atoms with Gasteiger partial charge < -0.3 is 15.2 Å². The monoisotopic (exact) mass is 554 g/mol. The van der Waals surface area contributed by atoms with Crippen LogP contribution >= 0.6 is 0 Å². The van der Waals surface area contributed by atoms with E-state index in [1.807, 2.05) is 0 Å². The average molecular weight is 555 g/mol. The number of nitrogens with one attached hydrogen (secondary N) is 1. The lowest BCUT2D eigenvalue weighted by Gasteiger charge is -2.19. The fraction of sp³-hybridized carbons (Fsp3) is 0.154. The molecule has 2 aromatic carbocycles. The Labute approximate surface area is 220 Å². The number of carboxylic acid groups (broad SMARTS) is 1. The predicted molar refractivity (Wildman–Crippen MR) is 133 cm³/mol. The molecule has 10 nitrogen and oxygen atoms in total. The Bertz CT molecular complexity index is 1650. The van der Waals surface area contributed by atoms with Gasteiger partial charge in [-0.2, -0.15) is 0 Å². The molecule has 0 saturated heterocycles. The maximum Gasteiger partial charge on any atom is 0.337 e. The zero-order chi connectivity index (χ0) is 27.7. The SMILES string of the molecule is O=C(O)c1ccc(-n2ccc(NC(=O)C(Oc3ccc(F)cc3F)c3ccc(S(=O)(=O)C4CC4)cc3)n2)nc1. The number of aromatic carboxylic acids is 1. The second-order valence-electron chi connectivity index (χ2n) is 8.73. The number of halogens is 2. The molecule has 39 heavy (non-hydrogen) atoms. The lowest BCUT2D eigenvalue weighted by molar-refractivity contribution is -0.123. The van der Waals surface area contributed by atoms with E-state index < -0.39 is 44.7 Å². The number of ether oxygens (including phenoxy) is 1. The molecule has 4 aromatic rings. The van der Waals surface area contributed by atoms with E-state index >= 15 is 0 Å². The van der Waals surface area contributed by atoms with E-state index in [-0.39, 0.29) is 33.4 Å². The molecule has 2 aromatic heterocycles. The molecule has 2 N–H and O–H groups in total. The molecule has 1 atom stereocenters. The quantitative estimate of drug-likeness (QED) is 0.317. The van der Waals surface area contributed by atoms with Crippen LogP contribution in [0.3, 0.4) is 0 Å². The third-order valence-corrected chi connectivity index (χ3v) is 8.20. The van der Waals surface area contributed by atoms with Crippen molar-refractivity contribution in [1.29, 1.82) is 0 Å². The first-order chi connectivity index (χ1) is 18.6. The van der Waals surface area contributed by atoms with Crippen molar-refractivity contribution in [2.45, 2.75) is 29.1 Å². The summed E-state index contributed by atoms with van der Waals surface area (Å²) in [5.74, 6) is -3.79. The average Bonchev–Trinajstić information content (AvgIpc) is 3.68. The van der Waals surface area contributed by atoms with Crippen LogP contribution in [0.25, 0.3) is 5.82 Å². The van der Waals surface area contributed by atoms with Crippen molar-refractivity contribution in [3.63, 3.8) is 0 Å². The Morgan fingerprint density at radius 2 is 1.79 bits per heavy atom. The van der Waals surface area contributed by atoms with Crippen molar-refractivity contribution in [3.05, 3.63) is 95.8 Å².